The molecule has 1 fully saturated rings. The van der Waals surface area contributed by atoms with Gasteiger partial charge in [-0.1, -0.05) is 30.3 Å². The minimum atomic E-state index is -0.528. The van der Waals surface area contributed by atoms with Crippen molar-refractivity contribution in [3.63, 3.8) is 0 Å². The van der Waals surface area contributed by atoms with Gasteiger partial charge in [-0.3, -0.25) is 19.3 Å². The summed E-state index contributed by atoms with van der Waals surface area (Å²) in [6.45, 7) is 1.90. The number of nitrogens with zero attached hydrogens (tertiary/aromatic N) is 4. The van der Waals surface area contributed by atoms with Gasteiger partial charge in [-0.15, -0.1) is 0 Å². The van der Waals surface area contributed by atoms with Crippen LogP contribution in [0.1, 0.15) is 46.4 Å². The average molecular weight is 510 g/mol. The van der Waals surface area contributed by atoms with E-state index in [-0.39, 0.29) is 11.8 Å². The van der Waals surface area contributed by atoms with Gasteiger partial charge in [-0.25, -0.2) is 0 Å². The number of pyridine rings is 1. The highest BCUT2D eigenvalue weighted by molar-refractivity contribution is 5.97. The normalized spacial score (nSPS) is 15.4. The van der Waals surface area contributed by atoms with Gasteiger partial charge in [0.15, 0.2) is 0 Å². The summed E-state index contributed by atoms with van der Waals surface area (Å²) >= 11 is 0. The minimum absolute atomic E-state index is 0.0983. The Morgan fingerprint density at radius 2 is 1.89 bits per heavy atom. The first-order chi connectivity index (χ1) is 18.7. The maximum absolute atomic E-state index is 13.9. The van der Waals surface area contributed by atoms with Gasteiger partial charge in [0.05, 0.1) is 12.2 Å². The topological polar surface area (TPSA) is 89.4 Å². The second-order valence-corrected chi connectivity index (χ2v) is 9.39. The maximum Gasteiger partial charge on any atom is 0.254 e. The smallest absolute Gasteiger partial charge is 0.254 e. The second-order valence-electron chi connectivity index (χ2n) is 9.39. The van der Waals surface area contributed by atoms with Crippen LogP contribution in [0.25, 0.3) is 0 Å². The molecule has 2 aromatic carbocycles. The number of aromatic nitrogens is 3. The Morgan fingerprint density at radius 1 is 1.00 bits per heavy atom. The van der Waals surface area contributed by atoms with Gasteiger partial charge in [0.1, 0.15) is 18.4 Å². The molecule has 0 unspecified atom stereocenters. The fourth-order valence-electron chi connectivity index (χ4n) is 4.62. The van der Waals surface area contributed by atoms with Crippen LogP contribution in [-0.4, -0.2) is 44.1 Å². The van der Waals surface area contributed by atoms with Crippen LogP contribution in [0.15, 0.2) is 91.4 Å². The van der Waals surface area contributed by atoms with E-state index in [1.54, 1.807) is 17.3 Å². The van der Waals surface area contributed by atoms with Crippen molar-refractivity contribution >= 4 is 11.8 Å². The summed E-state index contributed by atoms with van der Waals surface area (Å²) in [5.74, 6) is 0.458. The van der Waals surface area contributed by atoms with Crippen molar-refractivity contribution in [3.8, 4) is 5.75 Å². The standard InChI is InChI=1S/C30H31N5O3/c36-29-28(10-2-4-16-32-29)35(30(37)25-8-5-7-24(19-25)20-34-18-6-17-33-34)21-23-11-13-27(14-12-23)38-22-26-9-1-3-15-31-26/h1,3,5-9,11-15,17-19,28H,2,4,10,16,20-22H2,(H,32,36)/t28-/m0/s1. The largest absolute Gasteiger partial charge is 0.487 e. The molecule has 38 heavy (non-hydrogen) atoms. The predicted molar refractivity (Wildman–Crippen MR) is 143 cm³/mol. The van der Waals surface area contributed by atoms with Crippen molar-refractivity contribution in [2.45, 2.75) is 45.0 Å². The maximum atomic E-state index is 13.9. The highest BCUT2D eigenvalue weighted by Gasteiger charge is 2.31. The average Bonchev–Trinajstić information content (AvgIpc) is 3.37. The number of amides is 2. The zero-order valence-corrected chi connectivity index (χ0v) is 21.2. The van der Waals surface area contributed by atoms with E-state index in [1.807, 2.05) is 83.7 Å². The molecule has 194 valence electrons. The number of carbonyl (C=O) groups is 2. The number of ether oxygens (including phenoxy) is 1. The first-order valence-electron chi connectivity index (χ1n) is 12.9. The zero-order valence-electron chi connectivity index (χ0n) is 21.2. The summed E-state index contributed by atoms with van der Waals surface area (Å²) in [6.07, 6.45) is 7.79. The SMILES string of the molecule is O=C1NCCCC[C@@H]1N(Cc1ccc(OCc2ccccn2)cc1)C(=O)c1cccc(Cn2cccn2)c1. The molecule has 0 spiro atoms. The van der Waals surface area contributed by atoms with Gasteiger partial charge in [-0.2, -0.15) is 5.10 Å². The lowest BCUT2D eigenvalue weighted by Crippen LogP contribution is -2.48. The highest BCUT2D eigenvalue weighted by Crippen LogP contribution is 2.22. The molecule has 0 aliphatic carbocycles. The molecule has 1 aliphatic heterocycles. The monoisotopic (exact) mass is 509 g/mol. The van der Waals surface area contributed by atoms with E-state index in [1.165, 1.54) is 0 Å². The molecular weight excluding hydrogens is 478 g/mol. The Morgan fingerprint density at radius 3 is 2.68 bits per heavy atom. The first-order valence-corrected chi connectivity index (χ1v) is 12.9. The molecule has 8 nitrogen and oxygen atoms in total. The summed E-state index contributed by atoms with van der Waals surface area (Å²) in [7, 11) is 0. The molecule has 1 atom stereocenters. The molecule has 0 bridgehead atoms. The number of hydrogen-bond donors (Lipinski definition) is 1. The van der Waals surface area contributed by atoms with Crippen LogP contribution in [0.2, 0.25) is 0 Å². The lowest BCUT2D eigenvalue weighted by molar-refractivity contribution is -0.125. The first kappa shape index (κ1) is 25.2. The van der Waals surface area contributed by atoms with Crippen molar-refractivity contribution in [3.05, 3.63) is 114 Å². The fraction of sp³-hybridized carbons (Fsp3) is 0.267. The van der Waals surface area contributed by atoms with E-state index < -0.39 is 6.04 Å². The Labute approximate surface area is 222 Å². The minimum Gasteiger partial charge on any atom is -0.487 e. The van der Waals surface area contributed by atoms with Gasteiger partial charge in [0.2, 0.25) is 5.91 Å². The molecule has 2 aromatic heterocycles. The van der Waals surface area contributed by atoms with Gasteiger partial charge in [0.25, 0.3) is 5.91 Å². The van der Waals surface area contributed by atoms with Crippen LogP contribution in [0.4, 0.5) is 0 Å². The van der Waals surface area contributed by atoms with Gasteiger partial charge >= 0.3 is 0 Å². The molecule has 1 aliphatic rings. The third-order valence-corrected chi connectivity index (χ3v) is 6.61. The van der Waals surface area contributed by atoms with Crippen LogP contribution in [0, 0.1) is 0 Å². The van der Waals surface area contributed by atoms with Gasteiger partial charge < -0.3 is 15.0 Å². The second kappa shape index (κ2) is 12.2. The quantitative estimate of drug-likeness (QED) is 0.365. The summed E-state index contributed by atoms with van der Waals surface area (Å²) in [5, 5.41) is 7.24. The number of nitrogens with one attached hydrogen (secondary N) is 1. The molecular formula is C30H31N5O3. The Kier molecular flexibility index (Phi) is 8.08. The summed E-state index contributed by atoms with van der Waals surface area (Å²) in [4.78, 5) is 32.9. The summed E-state index contributed by atoms with van der Waals surface area (Å²) in [6, 6.07) is 22.3. The van der Waals surface area contributed by atoms with E-state index in [9.17, 15) is 9.59 Å². The zero-order chi connectivity index (χ0) is 26.2. The fourth-order valence-corrected chi connectivity index (χ4v) is 4.62. The summed E-state index contributed by atoms with van der Waals surface area (Å²) in [5.41, 5.74) is 3.30. The Bertz CT molecular complexity index is 1340. The Balaban J connectivity index is 1.34. The number of rotatable bonds is 9. The molecule has 0 radical (unpaired) electrons. The molecule has 4 aromatic rings. The lowest BCUT2D eigenvalue weighted by Gasteiger charge is -2.30. The summed E-state index contributed by atoms with van der Waals surface area (Å²) < 4.78 is 7.68. The van der Waals surface area contributed by atoms with Crippen molar-refractivity contribution in [2.75, 3.05) is 6.54 Å². The van der Waals surface area contributed by atoms with Crippen molar-refractivity contribution < 1.29 is 14.3 Å². The molecule has 0 saturated carbocycles. The van der Waals surface area contributed by atoms with E-state index in [2.05, 4.69) is 15.4 Å². The van der Waals surface area contributed by atoms with E-state index in [4.69, 9.17) is 4.74 Å². The van der Waals surface area contributed by atoms with Crippen molar-refractivity contribution in [1.29, 1.82) is 0 Å². The van der Waals surface area contributed by atoms with Gasteiger partial charge in [0, 0.05) is 37.2 Å². The molecule has 1 saturated heterocycles. The number of carbonyl (C=O) groups excluding carboxylic acids is 2. The van der Waals surface area contributed by atoms with E-state index in [0.29, 0.717) is 38.2 Å². The third kappa shape index (κ3) is 6.45. The molecule has 5 rings (SSSR count). The van der Waals surface area contributed by atoms with E-state index in [0.717, 1.165) is 35.4 Å². The number of hydrogen-bond acceptors (Lipinski definition) is 5. The molecule has 2 amide bonds. The molecule has 8 heteroatoms. The number of benzene rings is 2. The van der Waals surface area contributed by atoms with Crippen LogP contribution >= 0.6 is 0 Å². The predicted octanol–water partition coefficient (Wildman–Crippen LogP) is 4.22. The van der Waals surface area contributed by atoms with Crippen LogP contribution in [0.5, 0.6) is 5.75 Å². The van der Waals surface area contributed by atoms with Gasteiger partial charge in [-0.05, 0) is 72.9 Å². The molecule has 3 heterocycles. The van der Waals surface area contributed by atoms with Crippen LogP contribution < -0.4 is 10.1 Å². The van der Waals surface area contributed by atoms with Crippen LogP contribution in [0.3, 0.4) is 0 Å². The van der Waals surface area contributed by atoms with Crippen molar-refractivity contribution in [2.24, 2.45) is 0 Å². The Hall–Kier alpha value is -4.46. The highest BCUT2D eigenvalue weighted by atomic mass is 16.5. The van der Waals surface area contributed by atoms with Crippen LogP contribution in [-0.2, 0) is 24.5 Å². The lowest BCUT2D eigenvalue weighted by atomic mass is 10.0. The van der Waals surface area contributed by atoms with E-state index >= 15 is 0 Å². The van der Waals surface area contributed by atoms with Crippen molar-refractivity contribution in [1.82, 2.24) is 25.0 Å². The third-order valence-electron chi connectivity index (χ3n) is 6.61. The molecule has 1 N–H and O–H groups in total.